The zero-order chi connectivity index (χ0) is 20.6. The summed E-state index contributed by atoms with van der Waals surface area (Å²) >= 11 is 0. The number of carbonyl (C=O) groups excluding carboxylic acids is 1. The number of anilines is 1. The summed E-state index contributed by atoms with van der Waals surface area (Å²) in [5, 5.41) is 18.0. The van der Waals surface area contributed by atoms with E-state index >= 15 is 0 Å². The predicted molar refractivity (Wildman–Crippen MR) is 105 cm³/mol. The summed E-state index contributed by atoms with van der Waals surface area (Å²) in [6, 6.07) is 14.8. The van der Waals surface area contributed by atoms with E-state index < -0.39 is 14.8 Å². The van der Waals surface area contributed by atoms with Gasteiger partial charge in [-0.2, -0.15) is 5.10 Å². The number of nitrogens with one attached hydrogen (secondary N) is 1. The van der Waals surface area contributed by atoms with Crippen molar-refractivity contribution in [1.29, 1.82) is 0 Å². The fraction of sp³-hybridized carbons (Fsp3) is 0.158. The van der Waals surface area contributed by atoms with Crippen LogP contribution in [-0.4, -0.2) is 29.0 Å². The molecular formula is C19H16N4O5S. The Bertz CT molecular complexity index is 1200. The zero-order valence-electron chi connectivity index (χ0n) is 15.1. The molecule has 1 aromatic heterocycles. The first-order valence-corrected chi connectivity index (χ1v) is 10.5. The topological polar surface area (TPSA) is 124 Å². The third-order valence-electron chi connectivity index (χ3n) is 4.56. The molecule has 0 atom stereocenters. The third-order valence-corrected chi connectivity index (χ3v) is 6.00. The molecule has 9 nitrogen and oxygen atoms in total. The standard InChI is InChI=1S/C19H16N4O5S/c24-18(10-13-4-2-1-3-5-13)20-19-16-11-29(27,28)12-17(16)21-22(19)14-6-8-15(9-7-14)23(25)26/h1-9H,10-12H2,(H,20,24). The highest BCUT2D eigenvalue weighted by molar-refractivity contribution is 7.90. The van der Waals surface area contributed by atoms with Crippen LogP contribution in [0, 0.1) is 10.1 Å². The largest absolute Gasteiger partial charge is 0.310 e. The van der Waals surface area contributed by atoms with E-state index in [2.05, 4.69) is 10.4 Å². The molecular weight excluding hydrogens is 396 g/mol. The molecule has 1 aliphatic heterocycles. The number of amides is 1. The molecule has 29 heavy (non-hydrogen) atoms. The Kier molecular flexibility index (Phi) is 4.63. The maximum Gasteiger partial charge on any atom is 0.269 e. The molecule has 0 radical (unpaired) electrons. The Morgan fingerprint density at radius 2 is 1.79 bits per heavy atom. The average Bonchev–Trinajstić information content (AvgIpc) is 3.15. The van der Waals surface area contributed by atoms with Crippen LogP contribution in [0.15, 0.2) is 54.6 Å². The van der Waals surface area contributed by atoms with Crippen molar-refractivity contribution in [3.63, 3.8) is 0 Å². The highest BCUT2D eigenvalue weighted by Gasteiger charge is 2.33. The van der Waals surface area contributed by atoms with Gasteiger partial charge in [-0.1, -0.05) is 30.3 Å². The van der Waals surface area contributed by atoms with Gasteiger partial charge in [0.15, 0.2) is 9.84 Å². The van der Waals surface area contributed by atoms with E-state index in [9.17, 15) is 23.3 Å². The first-order chi connectivity index (χ1) is 13.8. The molecule has 1 amide bonds. The van der Waals surface area contributed by atoms with Gasteiger partial charge in [0.2, 0.25) is 5.91 Å². The van der Waals surface area contributed by atoms with E-state index in [-0.39, 0.29) is 35.3 Å². The highest BCUT2D eigenvalue weighted by Crippen LogP contribution is 2.33. The minimum Gasteiger partial charge on any atom is -0.310 e. The van der Waals surface area contributed by atoms with E-state index in [1.807, 2.05) is 30.3 Å². The van der Waals surface area contributed by atoms with E-state index in [1.165, 1.54) is 28.9 Å². The van der Waals surface area contributed by atoms with Gasteiger partial charge in [0, 0.05) is 17.7 Å². The van der Waals surface area contributed by atoms with Gasteiger partial charge in [0.05, 0.1) is 34.2 Å². The molecule has 3 aromatic rings. The number of non-ortho nitro benzene ring substituents is 1. The van der Waals surface area contributed by atoms with Crippen LogP contribution in [0.3, 0.4) is 0 Å². The average molecular weight is 412 g/mol. The quantitative estimate of drug-likeness (QED) is 0.507. The molecule has 4 rings (SSSR count). The number of carbonyl (C=O) groups is 1. The number of rotatable bonds is 5. The van der Waals surface area contributed by atoms with Crippen LogP contribution in [0.2, 0.25) is 0 Å². The number of fused-ring (bicyclic) bond motifs is 1. The van der Waals surface area contributed by atoms with E-state index in [1.54, 1.807) is 0 Å². The van der Waals surface area contributed by atoms with Crippen molar-refractivity contribution in [1.82, 2.24) is 9.78 Å². The van der Waals surface area contributed by atoms with Crippen LogP contribution in [0.25, 0.3) is 5.69 Å². The van der Waals surface area contributed by atoms with Gasteiger partial charge in [0.25, 0.3) is 5.69 Å². The van der Waals surface area contributed by atoms with E-state index in [4.69, 9.17) is 0 Å². The molecule has 0 saturated heterocycles. The van der Waals surface area contributed by atoms with Crippen LogP contribution >= 0.6 is 0 Å². The molecule has 2 aromatic carbocycles. The molecule has 1 aliphatic rings. The maximum absolute atomic E-state index is 12.6. The fourth-order valence-corrected chi connectivity index (χ4v) is 4.72. The summed E-state index contributed by atoms with van der Waals surface area (Å²) in [6.07, 6.45) is 0.119. The lowest BCUT2D eigenvalue weighted by Crippen LogP contribution is -2.18. The number of hydrogen-bond acceptors (Lipinski definition) is 6. The SMILES string of the molecule is O=C(Cc1ccccc1)Nc1c2c(nn1-c1ccc([N+](=O)[O-])cc1)CS(=O)(=O)C2. The summed E-state index contributed by atoms with van der Waals surface area (Å²) in [5.74, 6) is -0.456. The van der Waals surface area contributed by atoms with Crippen LogP contribution in [0.1, 0.15) is 16.8 Å². The molecule has 148 valence electrons. The second kappa shape index (κ2) is 7.13. The van der Waals surface area contributed by atoms with Crippen molar-refractivity contribution in [2.24, 2.45) is 0 Å². The van der Waals surface area contributed by atoms with Crippen LogP contribution in [0.4, 0.5) is 11.5 Å². The van der Waals surface area contributed by atoms with Crippen molar-refractivity contribution in [3.05, 3.63) is 81.5 Å². The normalized spacial score (nSPS) is 14.3. The Hall–Kier alpha value is -3.53. The number of nitro benzene ring substituents is 1. The first kappa shape index (κ1) is 18.8. The molecule has 0 fully saturated rings. The monoisotopic (exact) mass is 412 g/mol. The number of hydrogen-bond donors (Lipinski definition) is 1. The second-order valence-corrected chi connectivity index (χ2v) is 8.77. The van der Waals surface area contributed by atoms with Crippen molar-refractivity contribution >= 4 is 27.2 Å². The fourth-order valence-electron chi connectivity index (χ4n) is 3.23. The molecule has 0 unspecified atom stereocenters. The highest BCUT2D eigenvalue weighted by atomic mass is 32.2. The zero-order valence-corrected chi connectivity index (χ0v) is 15.9. The molecule has 0 saturated carbocycles. The van der Waals surface area contributed by atoms with Crippen LogP contribution in [-0.2, 0) is 32.6 Å². The molecule has 0 aliphatic carbocycles. The Morgan fingerprint density at radius 3 is 2.45 bits per heavy atom. The van der Waals surface area contributed by atoms with Crippen molar-refractivity contribution < 1.29 is 18.1 Å². The van der Waals surface area contributed by atoms with Gasteiger partial charge in [-0.25, -0.2) is 13.1 Å². The lowest BCUT2D eigenvalue weighted by Gasteiger charge is -2.11. The molecule has 2 heterocycles. The molecule has 10 heteroatoms. The van der Waals surface area contributed by atoms with Gasteiger partial charge in [-0.05, 0) is 17.7 Å². The number of nitrogens with zero attached hydrogens (tertiary/aromatic N) is 3. The van der Waals surface area contributed by atoms with Crippen molar-refractivity contribution in [3.8, 4) is 5.69 Å². The number of benzene rings is 2. The Morgan fingerprint density at radius 1 is 1.10 bits per heavy atom. The van der Waals surface area contributed by atoms with Gasteiger partial charge < -0.3 is 5.32 Å². The lowest BCUT2D eigenvalue weighted by molar-refractivity contribution is -0.384. The smallest absolute Gasteiger partial charge is 0.269 e. The van der Waals surface area contributed by atoms with Crippen molar-refractivity contribution in [2.45, 2.75) is 17.9 Å². The molecule has 1 N–H and O–H groups in total. The Labute approximate surface area is 166 Å². The number of nitro groups is 1. The summed E-state index contributed by atoms with van der Waals surface area (Å²) < 4.78 is 25.4. The van der Waals surface area contributed by atoms with Gasteiger partial charge in [-0.3, -0.25) is 14.9 Å². The van der Waals surface area contributed by atoms with Gasteiger partial charge in [-0.15, -0.1) is 0 Å². The van der Waals surface area contributed by atoms with Gasteiger partial charge >= 0.3 is 0 Å². The Balaban J connectivity index is 1.69. The first-order valence-electron chi connectivity index (χ1n) is 8.72. The summed E-state index contributed by atoms with van der Waals surface area (Å²) in [6.45, 7) is 0. The summed E-state index contributed by atoms with van der Waals surface area (Å²) in [5.41, 5.74) is 2.04. The predicted octanol–water partition coefficient (Wildman–Crippen LogP) is 2.39. The van der Waals surface area contributed by atoms with Crippen LogP contribution < -0.4 is 5.32 Å². The van der Waals surface area contributed by atoms with E-state index in [0.29, 0.717) is 16.9 Å². The molecule has 0 spiro atoms. The van der Waals surface area contributed by atoms with Gasteiger partial charge in [0.1, 0.15) is 5.82 Å². The third kappa shape index (κ3) is 3.87. The van der Waals surface area contributed by atoms with Crippen LogP contribution in [0.5, 0.6) is 0 Å². The summed E-state index contributed by atoms with van der Waals surface area (Å²) in [4.78, 5) is 22.9. The number of aromatic nitrogens is 2. The lowest BCUT2D eigenvalue weighted by atomic mass is 10.1. The number of sulfone groups is 1. The minimum atomic E-state index is -3.31. The molecule has 0 bridgehead atoms. The second-order valence-electron chi connectivity index (χ2n) is 6.70. The van der Waals surface area contributed by atoms with E-state index in [0.717, 1.165) is 5.56 Å². The summed E-state index contributed by atoms with van der Waals surface area (Å²) in [7, 11) is -3.31. The minimum absolute atomic E-state index is 0.0781. The maximum atomic E-state index is 12.6. The van der Waals surface area contributed by atoms with Crippen molar-refractivity contribution in [2.75, 3.05) is 5.32 Å².